The van der Waals surface area contributed by atoms with Crippen LogP contribution in [-0.2, 0) is 4.79 Å². The lowest BCUT2D eigenvalue weighted by Gasteiger charge is -2.21. The number of likely N-dealkylation sites (tertiary alicyclic amines) is 1. The molecule has 0 aromatic rings. The number of amides is 2. The highest BCUT2D eigenvalue weighted by atomic mass is 16.4. The summed E-state index contributed by atoms with van der Waals surface area (Å²) in [6, 6.07) is -0.280. The second kappa shape index (κ2) is 7.99. The van der Waals surface area contributed by atoms with E-state index < -0.39 is 12.1 Å². The number of aliphatic hydroxyl groups is 1. The number of carbonyl (C=O) groups excluding carboxylic acids is 1. The molecule has 2 amide bonds. The minimum absolute atomic E-state index is 0.247. The Balaban J connectivity index is 2.34. The summed E-state index contributed by atoms with van der Waals surface area (Å²) in [6.45, 7) is 3.33. The van der Waals surface area contributed by atoms with Crippen LogP contribution in [0.1, 0.15) is 39.0 Å². The van der Waals surface area contributed by atoms with Gasteiger partial charge in [-0.2, -0.15) is 0 Å². The first kappa shape index (κ1) is 15.8. The van der Waals surface area contributed by atoms with Gasteiger partial charge in [0.2, 0.25) is 0 Å². The fourth-order valence-corrected chi connectivity index (χ4v) is 2.45. The lowest BCUT2D eigenvalue weighted by atomic mass is 9.96. The van der Waals surface area contributed by atoms with Crippen LogP contribution in [0.4, 0.5) is 4.79 Å². The molecular formula is C13H24N2O4. The van der Waals surface area contributed by atoms with Crippen LogP contribution >= 0.6 is 0 Å². The Labute approximate surface area is 113 Å². The molecule has 0 bridgehead atoms. The third kappa shape index (κ3) is 5.46. The van der Waals surface area contributed by atoms with Crippen molar-refractivity contribution in [3.63, 3.8) is 0 Å². The molecule has 1 aliphatic rings. The molecule has 3 N–H and O–H groups in total. The van der Waals surface area contributed by atoms with Crippen molar-refractivity contribution < 1.29 is 19.8 Å². The summed E-state index contributed by atoms with van der Waals surface area (Å²) in [4.78, 5) is 24.0. The van der Waals surface area contributed by atoms with E-state index in [0.29, 0.717) is 19.0 Å². The zero-order chi connectivity index (χ0) is 14.3. The van der Waals surface area contributed by atoms with Crippen molar-refractivity contribution in [2.45, 2.75) is 45.1 Å². The molecule has 2 atom stereocenters. The van der Waals surface area contributed by atoms with E-state index in [-0.39, 0.29) is 12.6 Å². The lowest BCUT2D eigenvalue weighted by Crippen LogP contribution is -2.44. The van der Waals surface area contributed by atoms with Gasteiger partial charge in [-0.3, -0.25) is 0 Å². The zero-order valence-electron chi connectivity index (χ0n) is 11.5. The Hall–Kier alpha value is -1.30. The number of aliphatic carboxylic acids is 1. The van der Waals surface area contributed by atoms with Gasteiger partial charge in [0.15, 0.2) is 6.10 Å². The van der Waals surface area contributed by atoms with Gasteiger partial charge in [0, 0.05) is 13.1 Å². The Morgan fingerprint density at radius 2 is 2.11 bits per heavy atom. The van der Waals surface area contributed by atoms with Crippen LogP contribution < -0.4 is 5.32 Å². The zero-order valence-corrected chi connectivity index (χ0v) is 11.5. The third-order valence-electron chi connectivity index (χ3n) is 3.56. The quantitative estimate of drug-likeness (QED) is 0.697. The second-order valence-corrected chi connectivity index (χ2v) is 5.11. The molecule has 0 radical (unpaired) electrons. The summed E-state index contributed by atoms with van der Waals surface area (Å²) in [5.41, 5.74) is 0. The lowest BCUT2D eigenvalue weighted by molar-refractivity contribution is -0.146. The first-order chi connectivity index (χ1) is 9.04. The molecule has 6 heteroatoms. The van der Waals surface area contributed by atoms with Crippen LogP contribution in [0.2, 0.25) is 0 Å². The van der Waals surface area contributed by atoms with Crippen molar-refractivity contribution in [3.8, 4) is 0 Å². The number of hydrogen-bond donors (Lipinski definition) is 3. The average Bonchev–Trinajstić information content (AvgIpc) is 2.61. The molecule has 0 saturated carbocycles. The largest absolute Gasteiger partial charge is 0.479 e. The first-order valence-corrected chi connectivity index (χ1v) is 6.98. The van der Waals surface area contributed by atoms with E-state index in [1.54, 1.807) is 4.90 Å². The minimum Gasteiger partial charge on any atom is -0.479 e. The molecule has 6 nitrogen and oxygen atoms in total. The maximum atomic E-state index is 11.9. The molecule has 0 aromatic carbocycles. The number of carbonyl (C=O) groups is 2. The molecule has 1 saturated heterocycles. The molecule has 1 aliphatic heterocycles. The summed E-state index contributed by atoms with van der Waals surface area (Å²) in [5, 5.41) is 20.1. The Bertz CT molecular complexity index is 309. The van der Waals surface area contributed by atoms with E-state index in [4.69, 9.17) is 10.2 Å². The van der Waals surface area contributed by atoms with Gasteiger partial charge in [-0.05, 0) is 25.2 Å². The molecule has 1 fully saturated rings. The molecule has 1 rings (SSSR count). The van der Waals surface area contributed by atoms with Crippen LogP contribution in [0.25, 0.3) is 0 Å². The van der Waals surface area contributed by atoms with E-state index in [1.807, 2.05) is 0 Å². The van der Waals surface area contributed by atoms with Crippen molar-refractivity contribution in [3.05, 3.63) is 0 Å². The normalized spacial score (nSPS) is 21.6. The standard InChI is InChI=1S/C13H24N2O4/c1-2-4-10-5-3-7-15(8-6-10)13(19)14-9-11(16)12(17)18/h10-11,16H,2-9H2,1H3,(H,14,19)(H,17,18). The van der Waals surface area contributed by atoms with Crippen molar-refractivity contribution in [2.75, 3.05) is 19.6 Å². The second-order valence-electron chi connectivity index (χ2n) is 5.11. The summed E-state index contributed by atoms with van der Waals surface area (Å²) in [5.74, 6) is -0.633. The predicted octanol–water partition coefficient (Wildman–Crippen LogP) is 1.04. The fourth-order valence-electron chi connectivity index (χ4n) is 2.45. The Kier molecular flexibility index (Phi) is 6.62. The topological polar surface area (TPSA) is 89.9 Å². The summed E-state index contributed by atoms with van der Waals surface area (Å²) in [7, 11) is 0. The highest BCUT2D eigenvalue weighted by molar-refractivity contribution is 5.76. The summed E-state index contributed by atoms with van der Waals surface area (Å²) in [6.07, 6.45) is 3.97. The molecule has 2 unspecified atom stereocenters. The number of carboxylic acids is 1. The van der Waals surface area contributed by atoms with Crippen molar-refractivity contribution >= 4 is 12.0 Å². The SMILES string of the molecule is CCCC1CCCN(C(=O)NCC(O)C(=O)O)CC1. The van der Waals surface area contributed by atoms with Crippen LogP contribution in [0, 0.1) is 5.92 Å². The van der Waals surface area contributed by atoms with Gasteiger partial charge in [-0.25, -0.2) is 9.59 Å². The van der Waals surface area contributed by atoms with Gasteiger partial charge >= 0.3 is 12.0 Å². The smallest absolute Gasteiger partial charge is 0.334 e. The molecule has 19 heavy (non-hydrogen) atoms. The van der Waals surface area contributed by atoms with Crippen LogP contribution in [-0.4, -0.2) is 52.9 Å². The number of rotatable bonds is 5. The van der Waals surface area contributed by atoms with Gasteiger partial charge in [-0.15, -0.1) is 0 Å². The first-order valence-electron chi connectivity index (χ1n) is 6.98. The minimum atomic E-state index is -1.54. The van der Waals surface area contributed by atoms with Gasteiger partial charge in [0.25, 0.3) is 0 Å². The Morgan fingerprint density at radius 1 is 1.37 bits per heavy atom. The highest BCUT2D eigenvalue weighted by Crippen LogP contribution is 2.21. The van der Waals surface area contributed by atoms with E-state index in [9.17, 15) is 9.59 Å². The number of nitrogens with one attached hydrogen (secondary N) is 1. The third-order valence-corrected chi connectivity index (χ3v) is 3.56. The van der Waals surface area contributed by atoms with E-state index in [0.717, 1.165) is 19.3 Å². The van der Waals surface area contributed by atoms with Gasteiger partial charge in [0.1, 0.15) is 0 Å². The Morgan fingerprint density at radius 3 is 2.74 bits per heavy atom. The van der Waals surface area contributed by atoms with Crippen molar-refractivity contribution in [2.24, 2.45) is 5.92 Å². The maximum Gasteiger partial charge on any atom is 0.334 e. The molecule has 0 aromatic heterocycles. The number of aliphatic hydroxyl groups excluding tert-OH is 1. The van der Waals surface area contributed by atoms with Gasteiger partial charge in [-0.1, -0.05) is 19.8 Å². The average molecular weight is 272 g/mol. The van der Waals surface area contributed by atoms with Gasteiger partial charge in [0.05, 0.1) is 6.54 Å². The van der Waals surface area contributed by atoms with Gasteiger partial charge < -0.3 is 20.4 Å². The highest BCUT2D eigenvalue weighted by Gasteiger charge is 2.21. The monoisotopic (exact) mass is 272 g/mol. The van der Waals surface area contributed by atoms with E-state index >= 15 is 0 Å². The molecule has 110 valence electrons. The summed E-state index contributed by atoms with van der Waals surface area (Å²) >= 11 is 0. The van der Waals surface area contributed by atoms with Crippen LogP contribution in [0.5, 0.6) is 0 Å². The van der Waals surface area contributed by atoms with Crippen LogP contribution in [0.3, 0.4) is 0 Å². The molecule has 1 heterocycles. The van der Waals surface area contributed by atoms with E-state index in [1.165, 1.54) is 12.8 Å². The number of nitrogens with zero attached hydrogens (tertiary/aromatic N) is 1. The van der Waals surface area contributed by atoms with Crippen molar-refractivity contribution in [1.82, 2.24) is 10.2 Å². The maximum absolute atomic E-state index is 11.9. The molecule has 0 aliphatic carbocycles. The van der Waals surface area contributed by atoms with Crippen LogP contribution in [0.15, 0.2) is 0 Å². The van der Waals surface area contributed by atoms with Crippen molar-refractivity contribution in [1.29, 1.82) is 0 Å². The number of urea groups is 1. The molecule has 0 spiro atoms. The molecular weight excluding hydrogens is 248 g/mol. The summed E-state index contributed by atoms with van der Waals surface area (Å²) < 4.78 is 0. The number of carboxylic acid groups (broad SMARTS) is 1. The fraction of sp³-hybridized carbons (Fsp3) is 0.846. The van der Waals surface area contributed by atoms with E-state index in [2.05, 4.69) is 12.2 Å². The number of hydrogen-bond acceptors (Lipinski definition) is 3. The predicted molar refractivity (Wildman–Crippen MR) is 70.9 cm³/mol.